The van der Waals surface area contributed by atoms with Crippen LogP contribution < -0.4 is 11.5 Å². The highest BCUT2D eigenvalue weighted by Crippen LogP contribution is 2.24. The Morgan fingerprint density at radius 2 is 2.09 bits per heavy atom. The van der Waals surface area contributed by atoms with E-state index in [1.54, 1.807) is 0 Å². The van der Waals surface area contributed by atoms with Crippen molar-refractivity contribution in [2.45, 2.75) is 0 Å². The molecule has 0 aliphatic heterocycles. The molecule has 1 aromatic heterocycles. The molecule has 0 amide bonds. The predicted molar refractivity (Wildman–Crippen MR) is 46.0 cm³/mol. The minimum absolute atomic E-state index is 0.582. The summed E-state index contributed by atoms with van der Waals surface area (Å²) in [5.41, 5.74) is 11.2. The molecule has 2 rings (SSSR count). The number of nitrogens with one attached hydrogen (secondary N) is 1. The Bertz CT molecular complexity index is 353. The largest absolute Gasteiger partial charge is 0.385 e. The Morgan fingerprint density at radius 3 is 2.82 bits per heavy atom. The van der Waals surface area contributed by atoms with E-state index < -0.39 is 0 Å². The van der Waals surface area contributed by atoms with E-state index in [9.17, 15) is 0 Å². The van der Waals surface area contributed by atoms with Gasteiger partial charge in [-0.25, -0.2) is 0 Å². The number of anilines is 2. The lowest BCUT2D eigenvalue weighted by Gasteiger charge is -1.87. The molecule has 0 fully saturated rings. The number of fused-ring (bicyclic) bond motifs is 1. The number of aromatic nitrogens is 1. The fraction of sp³-hybridized carbons (Fsp3) is 0. The van der Waals surface area contributed by atoms with Gasteiger partial charge in [0.15, 0.2) is 0 Å². The lowest BCUT2D eigenvalue weighted by atomic mass is 10.2. The highest BCUT2D eigenvalue weighted by molar-refractivity contribution is 5.99. The number of H-pyrrole nitrogens is 1. The van der Waals surface area contributed by atoms with Gasteiger partial charge in [0, 0.05) is 10.8 Å². The van der Waals surface area contributed by atoms with Crippen molar-refractivity contribution in [2.24, 2.45) is 0 Å². The summed E-state index contributed by atoms with van der Waals surface area (Å²) in [5.74, 6) is 1.19. The third-order valence-electron chi connectivity index (χ3n) is 1.68. The molecule has 2 aromatic rings. The number of rotatable bonds is 0. The maximum Gasteiger partial charge on any atom is 0.110 e. The van der Waals surface area contributed by atoms with E-state index in [4.69, 9.17) is 11.5 Å². The quantitative estimate of drug-likeness (QED) is 0.521. The molecule has 0 bridgehead atoms. The first-order valence-electron chi connectivity index (χ1n) is 3.32. The molecule has 0 aliphatic carbocycles. The summed E-state index contributed by atoms with van der Waals surface area (Å²) in [6.07, 6.45) is 0. The molecule has 3 heteroatoms. The molecule has 0 saturated carbocycles. The SMILES string of the molecule is Nc1[nH]c(N)c2ccc[c]c12. The maximum atomic E-state index is 5.62. The Hall–Kier alpha value is -1.64. The molecule has 5 N–H and O–H groups in total. The second-order valence-electron chi connectivity index (χ2n) is 2.41. The lowest BCUT2D eigenvalue weighted by Crippen LogP contribution is -1.86. The van der Waals surface area contributed by atoms with Crippen molar-refractivity contribution >= 4 is 22.4 Å². The van der Waals surface area contributed by atoms with Crippen molar-refractivity contribution in [2.75, 3.05) is 11.5 Å². The van der Waals surface area contributed by atoms with Gasteiger partial charge in [0.2, 0.25) is 0 Å². The molecule has 0 unspecified atom stereocenters. The highest BCUT2D eigenvalue weighted by atomic mass is 14.9. The van der Waals surface area contributed by atoms with Gasteiger partial charge in [-0.3, -0.25) is 0 Å². The number of hydrogen-bond donors (Lipinski definition) is 3. The first-order chi connectivity index (χ1) is 5.29. The summed E-state index contributed by atoms with van der Waals surface area (Å²) in [6.45, 7) is 0. The predicted octanol–water partition coefficient (Wildman–Crippen LogP) is 1.13. The van der Waals surface area contributed by atoms with Gasteiger partial charge < -0.3 is 16.5 Å². The van der Waals surface area contributed by atoms with Crippen LogP contribution in [0.25, 0.3) is 10.8 Å². The molecular formula is C8H8N3. The molecule has 0 atom stereocenters. The van der Waals surface area contributed by atoms with E-state index in [0.29, 0.717) is 11.6 Å². The molecule has 1 heterocycles. The second kappa shape index (κ2) is 1.92. The summed E-state index contributed by atoms with van der Waals surface area (Å²) in [6, 6.07) is 8.61. The van der Waals surface area contributed by atoms with Gasteiger partial charge in [0.05, 0.1) is 0 Å². The Morgan fingerprint density at radius 1 is 1.27 bits per heavy atom. The Kier molecular flexibility index (Phi) is 1.06. The van der Waals surface area contributed by atoms with Crippen LogP contribution in [0.4, 0.5) is 11.6 Å². The van der Waals surface area contributed by atoms with Gasteiger partial charge in [-0.05, 0) is 6.07 Å². The molecule has 3 nitrogen and oxygen atoms in total. The average molecular weight is 146 g/mol. The summed E-state index contributed by atoms with van der Waals surface area (Å²) in [5, 5.41) is 1.80. The molecule has 1 radical (unpaired) electrons. The molecular weight excluding hydrogens is 138 g/mol. The van der Waals surface area contributed by atoms with Crippen LogP contribution in [-0.4, -0.2) is 4.98 Å². The van der Waals surface area contributed by atoms with Gasteiger partial charge in [-0.15, -0.1) is 0 Å². The van der Waals surface area contributed by atoms with Crippen LogP contribution in [0.5, 0.6) is 0 Å². The fourth-order valence-electron chi connectivity index (χ4n) is 1.16. The number of hydrogen-bond acceptors (Lipinski definition) is 2. The average Bonchev–Trinajstić information content (AvgIpc) is 2.30. The van der Waals surface area contributed by atoms with Gasteiger partial charge in [-0.2, -0.15) is 0 Å². The Balaban J connectivity index is 2.95. The number of benzene rings is 1. The smallest absolute Gasteiger partial charge is 0.110 e. The summed E-state index contributed by atoms with van der Waals surface area (Å²) >= 11 is 0. The third kappa shape index (κ3) is 0.741. The van der Waals surface area contributed by atoms with Gasteiger partial charge in [0.25, 0.3) is 0 Å². The minimum Gasteiger partial charge on any atom is -0.385 e. The lowest BCUT2D eigenvalue weighted by molar-refractivity contribution is 1.43. The van der Waals surface area contributed by atoms with Crippen molar-refractivity contribution < 1.29 is 0 Å². The monoisotopic (exact) mass is 146 g/mol. The standard InChI is InChI=1S/C8H8N3/c9-7-5-3-1-2-4-6(5)8(10)11-7/h1-3,11H,9-10H2. The van der Waals surface area contributed by atoms with E-state index in [-0.39, 0.29) is 0 Å². The molecule has 55 valence electrons. The van der Waals surface area contributed by atoms with Crippen LogP contribution in [0.1, 0.15) is 0 Å². The normalized spacial score (nSPS) is 10.5. The van der Waals surface area contributed by atoms with Crippen LogP contribution in [0.3, 0.4) is 0 Å². The van der Waals surface area contributed by atoms with Crippen molar-refractivity contribution in [1.82, 2.24) is 4.98 Å². The van der Waals surface area contributed by atoms with Crippen LogP contribution >= 0.6 is 0 Å². The van der Waals surface area contributed by atoms with Crippen LogP contribution in [0.15, 0.2) is 18.2 Å². The van der Waals surface area contributed by atoms with Crippen molar-refractivity contribution in [3.8, 4) is 0 Å². The van der Waals surface area contributed by atoms with Crippen molar-refractivity contribution in [1.29, 1.82) is 0 Å². The summed E-state index contributed by atoms with van der Waals surface area (Å²) < 4.78 is 0. The van der Waals surface area contributed by atoms with Crippen molar-refractivity contribution in [3.05, 3.63) is 24.3 Å². The van der Waals surface area contributed by atoms with Crippen LogP contribution in [0.2, 0.25) is 0 Å². The molecule has 0 spiro atoms. The van der Waals surface area contributed by atoms with E-state index in [1.807, 2.05) is 18.2 Å². The summed E-state index contributed by atoms with van der Waals surface area (Å²) in [4.78, 5) is 2.84. The van der Waals surface area contributed by atoms with E-state index in [1.165, 1.54) is 0 Å². The first-order valence-corrected chi connectivity index (χ1v) is 3.32. The van der Waals surface area contributed by atoms with E-state index >= 15 is 0 Å². The van der Waals surface area contributed by atoms with Crippen LogP contribution in [0, 0.1) is 6.07 Å². The first kappa shape index (κ1) is 6.09. The van der Waals surface area contributed by atoms with Gasteiger partial charge in [-0.1, -0.05) is 18.2 Å². The zero-order valence-corrected chi connectivity index (χ0v) is 5.89. The second-order valence-corrected chi connectivity index (χ2v) is 2.41. The van der Waals surface area contributed by atoms with Crippen LogP contribution in [-0.2, 0) is 0 Å². The number of nitrogen functional groups attached to an aromatic ring is 2. The topological polar surface area (TPSA) is 67.8 Å². The summed E-state index contributed by atoms with van der Waals surface area (Å²) in [7, 11) is 0. The molecule has 11 heavy (non-hydrogen) atoms. The number of aromatic amines is 1. The van der Waals surface area contributed by atoms with E-state index in [0.717, 1.165) is 10.8 Å². The fourth-order valence-corrected chi connectivity index (χ4v) is 1.16. The van der Waals surface area contributed by atoms with Crippen molar-refractivity contribution in [3.63, 3.8) is 0 Å². The minimum atomic E-state index is 0.582. The Labute approximate surface area is 64.0 Å². The van der Waals surface area contributed by atoms with E-state index in [2.05, 4.69) is 11.1 Å². The number of nitrogens with two attached hydrogens (primary N) is 2. The molecule has 0 aliphatic rings. The maximum absolute atomic E-state index is 5.62. The third-order valence-corrected chi connectivity index (χ3v) is 1.68. The van der Waals surface area contributed by atoms with Gasteiger partial charge >= 0.3 is 0 Å². The zero-order chi connectivity index (χ0) is 7.84. The highest BCUT2D eigenvalue weighted by Gasteiger charge is 2.02. The molecule has 0 saturated heterocycles. The molecule has 1 aromatic carbocycles. The zero-order valence-electron chi connectivity index (χ0n) is 5.89. The van der Waals surface area contributed by atoms with Gasteiger partial charge in [0.1, 0.15) is 11.6 Å².